The van der Waals surface area contributed by atoms with Crippen molar-refractivity contribution in [1.82, 2.24) is 5.32 Å². The van der Waals surface area contributed by atoms with Gasteiger partial charge in [0.15, 0.2) is 0 Å². The highest BCUT2D eigenvalue weighted by molar-refractivity contribution is 5.38. The van der Waals surface area contributed by atoms with Crippen LogP contribution in [0.4, 0.5) is 4.39 Å². The van der Waals surface area contributed by atoms with Crippen molar-refractivity contribution in [3.8, 4) is 5.75 Å². The normalized spacial score (nSPS) is 13.5. The molecule has 0 aliphatic rings. The van der Waals surface area contributed by atoms with Crippen molar-refractivity contribution in [3.05, 3.63) is 65.0 Å². The lowest BCUT2D eigenvalue weighted by Gasteiger charge is -2.19. The molecule has 0 aliphatic carbocycles. The lowest BCUT2D eigenvalue weighted by Crippen LogP contribution is -2.25. The number of methoxy groups -OCH3 is 2. The van der Waals surface area contributed by atoms with Gasteiger partial charge in [0.05, 0.1) is 19.8 Å². The van der Waals surface area contributed by atoms with E-state index >= 15 is 0 Å². The third-order valence-electron chi connectivity index (χ3n) is 3.99. The van der Waals surface area contributed by atoms with Crippen LogP contribution in [-0.2, 0) is 11.3 Å². The van der Waals surface area contributed by atoms with Crippen LogP contribution in [0.1, 0.15) is 35.8 Å². The van der Waals surface area contributed by atoms with Gasteiger partial charge in [-0.3, -0.25) is 0 Å². The lowest BCUT2D eigenvalue weighted by atomic mass is 10.0. The molecule has 2 aromatic carbocycles. The van der Waals surface area contributed by atoms with E-state index in [0.29, 0.717) is 12.2 Å². The average Bonchev–Trinajstić information content (AvgIpc) is 2.60. The van der Waals surface area contributed by atoms with E-state index in [2.05, 4.69) is 5.32 Å². The quantitative estimate of drug-likeness (QED) is 0.778. The van der Waals surface area contributed by atoms with Crippen LogP contribution in [0.5, 0.6) is 5.75 Å². The van der Waals surface area contributed by atoms with E-state index in [4.69, 9.17) is 9.47 Å². The summed E-state index contributed by atoms with van der Waals surface area (Å²) < 4.78 is 24.2. The summed E-state index contributed by atoms with van der Waals surface area (Å²) in [5.74, 6) is 0.380. The second-order valence-electron chi connectivity index (χ2n) is 5.67. The molecule has 24 heavy (non-hydrogen) atoms. The Bertz CT molecular complexity index is 663. The van der Waals surface area contributed by atoms with Gasteiger partial charge < -0.3 is 19.9 Å². The fourth-order valence-electron chi connectivity index (χ4n) is 2.60. The fraction of sp³-hybridized carbons (Fsp3) is 0.368. The average molecular weight is 333 g/mol. The zero-order valence-corrected chi connectivity index (χ0v) is 14.3. The Labute approximate surface area is 142 Å². The molecule has 2 aromatic rings. The van der Waals surface area contributed by atoms with Gasteiger partial charge in [-0.2, -0.15) is 0 Å². The van der Waals surface area contributed by atoms with Crippen molar-refractivity contribution in [2.45, 2.75) is 25.7 Å². The predicted octanol–water partition coefficient (Wildman–Crippen LogP) is 3.36. The summed E-state index contributed by atoms with van der Waals surface area (Å²) in [5, 5.41) is 13.4. The maximum Gasteiger partial charge on any atom is 0.129 e. The molecule has 0 saturated carbocycles. The van der Waals surface area contributed by atoms with E-state index in [-0.39, 0.29) is 12.6 Å². The van der Waals surface area contributed by atoms with Crippen molar-refractivity contribution in [1.29, 1.82) is 0 Å². The summed E-state index contributed by atoms with van der Waals surface area (Å²) in [6, 6.07) is 12.1. The first-order chi connectivity index (χ1) is 11.6. The van der Waals surface area contributed by atoms with Crippen LogP contribution in [0, 0.1) is 5.82 Å². The molecule has 0 heterocycles. The highest BCUT2D eigenvalue weighted by Gasteiger charge is 2.15. The maximum atomic E-state index is 13.7. The smallest absolute Gasteiger partial charge is 0.129 e. The number of rotatable bonds is 8. The van der Waals surface area contributed by atoms with Crippen molar-refractivity contribution >= 4 is 0 Å². The molecule has 0 aromatic heterocycles. The molecule has 2 unspecified atom stereocenters. The number of aliphatic hydroxyl groups is 1. The van der Waals surface area contributed by atoms with E-state index in [1.807, 2.05) is 25.1 Å². The number of benzene rings is 2. The summed E-state index contributed by atoms with van der Waals surface area (Å²) in [4.78, 5) is 0. The summed E-state index contributed by atoms with van der Waals surface area (Å²) in [5.41, 5.74) is 2.30. The molecule has 0 radical (unpaired) electrons. The Morgan fingerprint density at radius 1 is 1.17 bits per heavy atom. The van der Waals surface area contributed by atoms with E-state index in [1.165, 1.54) is 6.07 Å². The van der Waals surface area contributed by atoms with Crippen LogP contribution in [0.2, 0.25) is 0 Å². The highest BCUT2D eigenvalue weighted by atomic mass is 19.1. The zero-order chi connectivity index (χ0) is 17.5. The number of hydrogen-bond donors (Lipinski definition) is 2. The number of hydrogen-bond acceptors (Lipinski definition) is 4. The van der Waals surface area contributed by atoms with Crippen molar-refractivity contribution in [2.24, 2.45) is 0 Å². The zero-order valence-electron chi connectivity index (χ0n) is 14.3. The molecule has 0 fully saturated rings. The summed E-state index contributed by atoms with van der Waals surface area (Å²) in [6.07, 6.45) is -0.898. The van der Waals surface area contributed by atoms with Crippen LogP contribution in [0.3, 0.4) is 0 Å². The lowest BCUT2D eigenvalue weighted by molar-refractivity contribution is 0.166. The molecule has 2 rings (SSSR count). The van der Waals surface area contributed by atoms with Gasteiger partial charge in [-0.1, -0.05) is 24.3 Å². The summed E-state index contributed by atoms with van der Waals surface area (Å²) >= 11 is 0. The molecule has 0 saturated heterocycles. The Morgan fingerprint density at radius 3 is 2.58 bits per heavy atom. The molecule has 130 valence electrons. The third kappa shape index (κ3) is 4.54. The van der Waals surface area contributed by atoms with Gasteiger partial charge >= 0.3 is 0 Å². The molecular formula is C19H24FNO3. The number of halogens is 1. The SMILES string of the molecule is COCc1cc(C(C)NCC(O)c2ccccc2F)ccc1OC. The van der Waals surface area contributed by atoms with E-state index in [1.54, 1.807) is 32.4 Å². The van der Waals surface area contributed by atoms with Gasteiger partial charge in [-0.25, -0.2) is 4.39 Å². The van der Waals surface area contributed by atoms with Gasteiger partial charge in [0.2, 0.25) is 0 Å². The largest absolute Gasteiger partial charge is 0.496 e. The standard InChI is InChI=1S/C19H24FNO3/c1-13(14-8-9-19(24-3)15(10-14)12-23-2)21-11-18(22)16-6-4-5-7-17(16)20/h4-10,13,18,21-22H,11-12H2,1-3H3. The second kappa shape index (κ2) is 8.78. The fourth-order valence-corrected chi connectivity index (χ4v) is 2.60. The van der Waals surface area contributed by atoms with Crippen molar-refractivity contribution in [2.75, 3.05) is 20.8 Å². The van der Waals surface area contributed by atoms with Gasteiger partial charge in [0.1, 0.15) is 11.6 Å². The topological polar surface area (TPSA) is 50.7 Å². The monoisotopic (exact) mass is 333 g/mol. The molecular weight excluding hydrogens is 309 g/mol. The summed E-state index contributed by atoms with van der Waals surface area (Å²) in [6.45, 7) is 2.71. The van der Waals surface area contributed by atoms with Gasteiger partial charge in [-0.05, 0) is 30.7 Å². The van der Waals surface area contributed by atoms with Crippen LogP contribution >= 0.6 is 0 Å². The summed E-state index contributed by atoms with van der Waals surface area (Å²) in [7, 11) is 3.26. The van der Waals surface area contributed by atoms with E-state index < -0.39 is 11.9 Å². The predicted molar refractivity (Wildman–Crippen MR) is 91.5 cm³/mol. The number of aliphatic hydroxyl groups excluding tert-OH is 1. The molecule has 0 amide bonds. The minimum atomic E-state index is -0.898. The first-order valence-electron chi connectivity index (χ1n) is 7.88. The molecule has 0 bridgehead atoms. The van der Waals surface area contributed by atoms with Gasteiger partial charge in [-0.15, -0.1) is 0 Å². The Kier molecular flexibility index (Phi) is 6.73. The molecule has 5 heteroatoms. The third-order valence-corrected chi connectivity index (χ3v) is 3.99. The molecule has 2 atom stereocenters. The van der Waals surface area contributed by atoms with E-state index in [0.717, 1.165) is 16.9 Å². The van der Waals surface area contributed by atoms with Crippen molar-refractivity contribution in [3.63, 3.8) is 0 Å². The first kappa shape index (κ1) is 18.4. The minimum absolute atomic E-state index is 0.00654. The van der Waals surface area contributed by atoms with Crippen LogP contribution in [0.15, 0.2) is 42.5 Å². The van der Waals surface area contributed by atoms with E-state index in [9.17, 15) is 9.50 Å². The van der Waals surface area contributed by atoms with Gasteiger partial charge in [0, 0.05) is 30.8 Å². The molecule has 0 spiro atoms. The Morgan fingerprint density at radius 2 is 1.92 bits per heavy atom. The Hall–Kier alpha value is -1.95. The molecule has 2 N–H and O–H groups in total. The van der Waals surface area contributed by atoms with Crippen molar-refractivity contribution < 1.29 is 19.0 Å². The van der Waals surface area contributed by atoms with Crippen LogP contribution in [0.25, 0.3) is 0 Å². The maximum absolute atomic E-state index is 13.7. The molecule has 0 aliphatic heterocycles. The second-order valence-corrected chi connectivity index (χ2v) is 5.67. The van der Waals surface area contributed by atoms with Crippen LogP contribution in [-0.4, -0.2) is 25.9 Å². The van der Waals surface area contributed by atoms with Crippen LogP contribution < -0.4 is 10.1 Å². The molecule has 4 nitrogen and oxygen atoms in total. The number of nitrogens with one attached hydrogen (secondary N) is 1. The number of ether oxygens (including phenoxy) is 2. The Balaban J connectivity index is 2.03. The highest BCUT2D eigenvalue weighted by Crippen LogP contribution is 2.24. The van der Waals surface area contributed by atoms with Gasteiger partial charge in [0.25, 0.3) is 0 Å². The minimum Gasteiger partial charge on any atom is -0.496 e. The first-order valence-corrected chi connectivity index (χ1v) is 7.88.